The van der Waals surface area contributed by atoms with Crippen molar-refractivity contribution in [3.63, 3.8) is 0 Å². The lowest BCUT2D eigenvalue weighted by Gasteiger charge is -2.36. The molecule has 0 saturated carbocycles. The Labute approximate surface area is 257 Å². The molecule has 3 aliphatic rings. The van der Waals surface area contributed by atoms with Crippen molar-refractivity contribution in [2.75, 3.05) is 44.7 Å². The SMILES string of the molecule is C=C(Nc1ccc(Cl)c(Cl)c1)/C(C)=C(\N=C(/N)C1CCN(C(C)=O)CC1)C(=O)N1CCC(N[C@H]2CCOC[C@H]2F)CC1. The lowest BCUT2D eigenvalue weighted by Crippen LogP contribution is -2.52. The number of nitrogens with two attached hydrogens (primary N) is 1. The maximum Gasteiger partial charge on any atom is 0.272 e. The molecular weight excluding hydrogens is 582 g/mol. The van der Waals surface area contributed by atoms with Crippen LogP contribution >= 0.6 is 23.2 Å². The second-order valence-electron chi connectivity index (χ2n) is 11.2. The molecule has 3 saturated heterocycles. The summed E-state index contributed by atoms with van der Waals surface area (Å²) in [6.07, 6.45) is 2.37. The van der Waals surface area contributed by atoms with Gasteiger partial charge in [0, 0.05) is 74.7 Å². The molecule has 3 aliphatic heterocycles. The fraction of sp³-hybridized carbons (Fsp3) is 0.567. The molecule has 0 unspecified atom stereocenters. The van der Waals surface area contributed by atoms with Crippen LogP contribution in [0.5, 0.6) is 0 Å². The molecule has 3 heterocycles. The highest BCUT2D eigenvalue weighted by atomic mass is 35.5. The molecule has 4 rings (SSSR count). The Kier molecular flexibility index (Phi) is 11.3. The number of amidine groups is 1. The summed E-state index contributed by atoms with van der Waals surface area (Å²) in [6, 6.07) is 5.03. The largest absolute Gasteiger partial charge is 0.387 e. The van der Waals surface area contributed by atoms with Crippen molar-refractivity contribution in [1.29, 1.82) is 0 Å². The molecule has 2 amide bonds. The molecule has 9 nitrogen and oxygen atoms in total. The van der Waals surface area contributed by atoms with Crippen LogP contribution in [0.3, 0.4) is 0 Å². The van der Waals surface area contributed by atoms with E-state index in [2.05, 4.69) is 17.2 Å². The number of amides is 2. The Morgan fingerprint density at radius 2 is 1.71 bits per heavy atom. The van der Waals surface area contributed by atoms with Crippen LogP contribution in [0.2, 0.25) is 10.0 Å². The van der Waals surface area contributed by atoms with Gasteiger partial charge in [0.2, 0.25) is 5.91 Å². The number of ether oxygens (including phenoxy) is 1. The lowest BCUT2D eigenvalue weighted by atomic mass is 9.95. The molecule has 3 fully saturated rings. The van der Waals surface area contributed by atoms with E-state index in [0.717, 1.165) is 0 Å². The number of hydrogen-bond donors (Lipinski definition) is 3. The Morgan fingerprint density at radius 3 is 2.33 bits per heavy atom. The first kappa shape index (κ1) is 32.3. The zero-order chi connectivity index (χ0) is 30.4. The molecule has 0 aliphatic carbocycles. The Hall–Kier alpha value is -2.66. The predicted octanol–water partition coefficient (Wildman–Crippen LogP) is 4.52. The third-order valence-corrected chi connectivity index (χ3v) is 9.08. The third kappa shape index (κ3) is 8.24. The number of anilines is 1. The maximum absolute atomic E-state index is 14.3. The van der Waals surface area contributed by atoms with E-state index < -0.39 is 6.17 Å². The molecule has 1 aromatic rings. The molecule has 1 aromatic carbocycles. The standard InChI is InChI=1S/C30H41Cl2FN6O3/c1-18(19(2)35-23-4-5-24(31)25(32)16-23)28(37-29(34)21-6-11-38(12-7-21)20(3)40)30(41)39-13-8-22(9-14-39)36-27-10-15-42-17-26(27)33/h4-5,16,21-22,26-27,35-36H,2,6-15,17H2,1,3H3,(H2,34,37)/b28-18-/t26-,27+/m1/s1. The predicted molar refractivity (Wildman–Crippen MR) is 165 cm³/mol. The average molecular weight is 624 g/mol. The number of nitrogens with one attached hydrogen (secondary N) is 2. The molecule has 4 N–H and O–H groups in total. The van der Waals surface area contributed by atoms with Crippen LogP contribution in [-0.4, -0.2) is 85.1 Å². The number of rotatable bonds is 8. The van der Waals surface area contributed by atoms with Crippen molar-refractivity contribution < 1.29 is 18.7 Å². The van der Waals surface area contributed by atoms with Gasteiger partial charge in [-0.1, -0.05) is 29.8 Å². The number of carbonyl (C=O) groups is 2. The van der Waals surface area contributed by atoms with Gasteiger partial charge in [-0.25, -0.2) is 9.38 Å². The number of likely N-dealkylation sites (tertiary alicyclic amines) is 2. The van der Waals surface area contributed by atoms with Gasteiger partial charge in [0.05, 0.1) is 16.7 Å². The van der Waals surface area contributed by atoms with E-state index in [1.165, 1.54) is 0 Å². The molecule has 0 radical (unpaired) electrons. The number of halogens is 3. The van der Waals surface area contributed by atoms with Crippen LogP contribution in [0.1, 0.15) is 46.0 Å². The summed E-state index contributed by atoms with van der Waals surface area (Å²) in [4.78, 5) is 34.0. The highest BCUT2D eigenvalue weighted by Gasteiger charge is 2.32. The summed E-state index contributed by atoms with van der Waals surface area (Å²) in [6.45, 7) is 10.4. The van der Waals surface area contributed by atoms with Gasteiger partial charge in [0.25, 0.3) is 5.91 Å². The zero-order valence-corrected chi connectivity index (χ0v) is 25.8. The number of benzene rings is 1. The number of nitrogens with zero attached hydrogens (tertiary/aromatic N) is 3. The van der Waals surface area contributed by atoms with Crippen molar-refractivity contribution in [2.45, 2.75) is 64.2 Å². The molecule has 42 heavy (non-hydrogen) atoms. The molecule has 230 valence electrons. The monoisotopic (exact) mass is 622 g/mol. The summed E-state index contributed by atoms with van der Waals surface area (Å²) >= 11 is 12.3. The summed E-state index contributed by atoms with van der Waals surface area (Å²) < 4.78 is 19.5. The van der Waals surface area contributed by atoms with E-state index in [-0.39, 0.29) is 42.1 Å². The lowest BCUT2D eigenvalue weighted by molar-refractivity contribution is -0.130. The van der Waals surface area contributed by atoms with Gasteiger partial charge in [-0.3, -0.25) is 9.59 Å². The maximum atomic E-state index is 14.3. The van der Waals surface area contributed by atoms with Gasteiger partial charge in [-0.2, -0.15) is 0 Å². The van der Waals surface area contributed by atoms with Crippen molar-refractivity contribution >= 4 is 46.5 Å². The smallest absolute Gasteiger partial charge is 0.272 e. The van der Waals surface area contributed by atoms with Crippen LogP contribution in [-0.2, 0) is 14.3 Å². The second-order valence-corrected chi connectivity index (χ2v) is 12.1. The van der Waals surface area contributed by atoms with Crippen LogP contribution in [0, 0.1) is 5.92 Å². The molecule has 0 aromatic heterocycles. The molecule has 12 heteroatoms. The number of alkyl halides is 1. The van der Waals surface area contributed by atoms with Crippen LogP contribution in [0.15, 0.2) is 46.7 Å². The fourth-order valence-corrected chi connectivity index (χ4v) is 5.88. The van der Waals surface area contributed by atoms with E-state index in [1.807, 2.05) is 0 Å². The Bertz CT molecular complexity index is 1230. The van der Waals surface area contributed by atoms with Gasteiger partial charge in [0.1, 0.15) is 17.7 Å². The average Bonchev–Trinajstić information content (AvgIpc) is 2.98. The van der Waals surface area contributed by atoms with Gasteiger partial charge >= 0.3 is 0 Å². The second kappa shape index (κ2) is 14.7. The first-order chi connectivity index (χ1) is 20.0. The number of carbonyl (C=O) groups excluding carboxylic acids is 2. The minimum Gasteiger partial charge on any atom is -0.387 e. The van der Waals surface area contributed by atoms with Gasteiger partial charge in [0.15, 0.2) is 0 Å². The highest BCUT2D eigenvalue weighted by molar-refractivity contribution is 6.42. The minimum atomic E-state index is -1.02. The van der Waals surface area contributed by atoms with Crippen LogP contribution in [0.25, 0.3) is 0 Å². The topological polar surface area (TPSA) is 112 Å². The summed E-state index contributed by atoms with van der Waals surface area (Å²) in [5.74, 6) is 0.127. The fourth-order valence-electron chi connectivity index (χ4n) is 5.58. The molecular formula is C30H41Cl2FN6O3. The normalized spacial score (nSPS) is 23.4. The van der Waals surface area contributed by atoms with Crippen LogP contribution in [0.4, 0.5) is 10.1 Å². The van der Waals surface area contributed by atoms with Crippen molar-refractivity contribution in [1.82, 2.24) is 15.1 Å². The minimum absolute atomic E-state index is 0.0389. The molecule has 0 bridgehead atoms. The highest BCUT2D eigenvalue weighted by Crippen LogP contribution is 2.28. The van der Waals surface area contributed by atoms with E-state index in [1.54, 1.807) is 41.8 Å². The first-order valence-corrected chi connectivity index (χ1v) is 15.3. The number of aliphatic imine (C=N–C) groups is 1. The summed E-state index contributed by atoms with van der Waals surface area (Å²) in [5, 5.41) is 7.46. The summed E-state index contributed by atoms with van der Waals surface area (Å²) in [7, 11) is 0. The molecule has 0 spiro atoms. The number of allylic oxidation sites excluding steroid dienone is 1. The van der Waals surface area contributed by atoms with E-state index in [0.29, 0.717) is 97.7 Å². The summed E-state index contributed by atoms with van der Waals surface area (Å²) in [5.41, 5.74) is 8.43. The first-order valence-electron chi connectivity index (χ1n) is 14.5. The number of piperidine rings is 2. The van der Waals surface area contributed by atoms with Gasteiger partial charge < -0.3 is 30.9 Å². The van der Waals surface area contributed by atoms with E-state index in [9.17, 15) is 14.0 Å². The van der Waals surface area contributed by atoms with Crippen molar-refractivity contribution in [3.05, 3.63) is 51.8 Å². The zero-order valence-electron chi connectivity index (χ0n) is 24.3. The molecule has 2 atom stereocenters. The Balaban J connectivity index is 1.51. The van der Waals surface area contributed by atoms with Gasteiger partial charge in [-0.15, -0.1) is 0 Å². The third-order valence-electron chi connectivity index (χ3n) is 8.34. The van der Waals surface area contributed by atoms with Crippen molar-refractivity contribution in [3.8, 4) is 0 Å². The number of hydrogen-bond acceptors (Lipinski definition) is 6. The van der Waals surface area contributed by atoms with Crippen molar-refractivity contribution in [2.24, 2.45) is 16.6 Å². The quantitative estimate of drug-likeness (QED) is 0.170. The Morgan fingerprint density at radius 1 is 1.05 bits per heavy atom. The van der Waals surface area contributed by atoms with E-state index in [4.69, 9.17) is 38.7 Å². The van der Waals surface area contributed by atoms with Crippen LogP contribution < -0.4 is 16.4 Å². The van der Waals surface area contributed by atoms with Gasteiger partial charge in [-0.05, 0) is 57.2 Å². The van der Waals surface area contributed by atoms with E-state index >= 15 is 0 Å².